The lowest BCUT2D eigenvalue weighted by atomic mass is 10.2. The van der Waals surface area contributed by atoms with E-state index in [4.69, 9.17) is 5.26 Å². The van der Waals surface area contributed by atoms with Crippen LogP contribution < -0.4 is 10.6 Å². The van der Waals surface area contributed by atoms with Crippen LogP contribution in [0.15, 0.2) is 30.5 Å². The van der Waals surface area contributed by atoms with E-state index in [2.05, 4.69) is 20.6 Å². The van der Waals surface area contributed by atoms with Crippen LogP contribution in [0.1, 0.15) is 12.5 Å². The van der Waals surface area contributed by atoms with Crippen LogP contribution in [-0.2, 0) is 0 Å². The smallest absolute Gasteiger partial charge is 0.329 e. The number of nitro groups is 1. The number of nitriles is 1. The summed E-state index contributed by atoms with van der Waals surface area (Å²) in [5.74, 6) is 0.364. The van der Waals surface area contributed by atoms with Crippen molar-refractivity contribution in [3.05, 3.63) is 46.1 Å². The standard InChI is InChI=1S/C13H12N6O2/c1-2-15-13-16-8-11(19(20)21)12(18-13)17-10-5-3-4-9(6-10)7-14/h3-6,8H,2H2,1H3,(H2,15,16,17,18). The van der Waals surface area contributed by atoms with Crippen molar-refractivity contribution >= 4 is 23.1 Å². The topological polar surface area (TPSA) is 117 Å². The minimum absolute atomic E-state index is 0.0704. The molecule has 1 heterocycles. The van der Waals surface area contributed by atoms with E-state index in [1.54, 1.807) is 24.3 Å². The molecule has 2 N–H and O–H groups in total. The number of benzene rings is 1. The Hall–Kier alpha value is -3.21. The van der Waals surface area contributed by atoms with Gasteiger partial charge < -0.3 is 10.6 Å². The van der Waals surface area contributed by atoms with Gasteiger partial charge in [0.25, 0.3) is 0 Å². The van der Waals surface area contributed by atoms with Crippen molar-refractivity contribution in [2.24, 2.45) is 0 Å². The van der Waals surface area contributed by atoms with E-state index in [-0.39, 0.29) is 11.5 Å². The maximum Gasteiger partial charge on any atom is 0.329 e. The zero-order valence-corrected chi connectivity index (χ0v) is 11.2. The molecule has 21 heavy (non-hydrogen) atoms. The van der Waals surface area contributed by atoms with E-state index in [1.807, 2.05) is 13.0 Å². The van der Waals surface area contributed by atoms with Gasteiger partial charge >= 0.3 is 5.69 Å². The summed E-state index contributed by atoms with van der Waals surface area (Å²) < 4.78 is 0. The second-order valence-corrected chi connectivity index (χ2v) is 4.03. The first kappa shape index (κ1) is 14.2. The van der Waals surface area contributed by atoms with Crippen molar-refractivity contribution in [2.45, 2.75) is 6.92 Å². The minimum Gasteiger partial charge on any atom is -0.354 e. The molecule has 0 amide bonds. The summed E-state index contributed by atoms with van der Waals surface area (Å²) in [6, 6.07) is 8.60. The fourth-order valence-electron chi connectivity index (χ4n) is 1.65. The van der Waals surface area contributed by atoms with E-state index in [1.165, 1.54) is 0 Å². The number of rotatable bonds is 5. The average molecular weight is 284 g/mol. The number of hydrogen-bond acceptors (Lipinski definition) is 7. The van der Waals surface area contributed by atoms with Crippen LogP contribution in [0.2, 0.25) is 0 Å². The molecule has 0 aliphatic rings. The Labute approximate surface area is 120 Å². The first-order valence-corrected chi connectivity index (χ1v) is 6.16. The molecule has 0 saturated carbocycles. The Balaban J connectivity index is 2.38. The van der Waals surface area contributed by atoms with Gasteiger partial charge in [-0.3, -0.25) is 10.1 Å². The summed E-state index contributed by atoms with van der Waals surface area (Å²) in [5.41, 5.74) is 0.751. The maximum atomic E-state index is 11.0. The Bertz CT molecular complexity index is 710. The fraction of sp³-hybridized carbons (Fsp3) is 0.154. The molecule has 8 heteroatoms. The molecule has 0 atom stereocenters. The maximum absolute atomic E-state index is 11.0. The van der Waals surface area contributed by atoms with Crippen LogP contribution >= 0.6 is 0 Å². The van der Waals surface area contributed by atoms with Crippen LogP contribution in [0.5, 0.6) is 0 Å². The molecule has 0 unspecified atom stereocenters. The first-order valence-electron chi connectivity index (χ1n) is 6.16. The van der Waals surface area contributed by atoms with Crippen molar-refractivity contribution in [1.82, 2.24) is 9.97 Å². The molecule has 0 radical (unpaired) electrons. The minimum atomic E-state index is -0.563. The van der Waals surface area contributed by atoms with Gasteiger partial charge in [-0.1, -0.05) is 6.07 Å². The Kier molecular flexibility index (Phi) is 4.26. The molecular weight excluding hydrogens is 272 g/mol. The molecule has 8 nitrogen and oxygen atoms in total. The van der Waals surface area contributed by atoms with Gasteiger partial charge in [0.15, 0.2) is 0 Å². The van der Waals surface area contributed by atoms with Crippen LogP contribution in [0.4, 0.5) is 23.1 Å². The first-order chi connectivity index (χ1) is 10.1. The lowest BCUT2D eigenvalue weighted by Gasteiger charge is -2.08. The summed E-state index contributed by atoms with van der Waals surface area (Å²) >= 11 is 0. The third-order valence-corrected chi connectivity index (χ3v) is 2.56. The van der Waals surface area contributed by atoms with Gasteiger partial charge in [-0.25, -0.2) is 4.98 Å². The second-order valence-electron chi connectivity index (χ2n) is 4.03. The summed E-state index contributed by atoms with van der Waals surface area (Å²) in [6.07, 6.45) is 1.14. The number of nitrogens with one attached hydrogen (secondary N) is 2. The molecule has 1 aromatic heterocycles. The lowest BCUT2D eigenvalue weighted by molar-refractivity contribution is -0.384. The molecule has 0 aliphatic carbocycles. The monoisotopic (exact) mass is 284 g/mol. The SMILES string of the molecule is CCNc1ncc([N+](=O)[O-])c(Nc2cccc(C#N)c2)n1. The van der Waals surface area contributed by atoms with Gasteiger partial charge in [0.1, 0.15) is 6.20 Å². The van der Waals surface area contributed by atoms with Gasteiger partial charge in [0.05, 0.1) is 16.6 Å². The second kappa shape index (κ2) is 6.29. The van der Waals surface area contributed by atoms with Crippen molar-refractivity contribution in [2.75, 3.05) is 17.2 Å². The number of hydrogen-bond donors (Lipinski definition) is 2. The largest absolute Gasteiger partial charge is 0.354 e. The fourth-order valence-corrected chi connectivity index (χ4v) is 1.65. The summed E-state index contributed by atoms with van der Waals surface area (Å²) in [5, 5.41) is 25.6. The highest BCUT2D eigenvalue weighted by atomic mass is 16.6. The molecule has 0 spiro atoms. The van der Waals surface area contributed by atoms with E-state index in [0.717, 1.165) is 6.20 Å². The van der Waals surface area contributed by atoms with Gasteiger partial charge in [-0.15, -0.1) is 0 Å². The van der Waals surface area contributed by atoms with Crippen molar-refractivity contribution < 1.29 is 4.92 Å². The molecule has 0 aliphatic heterocycles. The molecule has 0 bridgehead atoms. The van der Waals surface area contributed by atoms with Crippen molar-refractivity contribution in [3.8, 4) is 6.07 Å². The molecule has 1 aromatic carbocycles. The van der Waals surface area contributed by atoms with Crippen LogP contribution in [0.25, 0.3) is 0 Å². The normalized spacial score (nSPS) is 9.71. The summed E-state index contributed by atoms with van der Waals surface area (Å²) in [6.45, 7) is 2.47. The number of aromatic nitrogens is 2. The molecule has 2 rings (SSSR count). The lowest BCUT2D eigenvalue weighted by Crippen LogP contribution is -2.06. The van der Waals surface area contributed by atoms with E-state index in [9.17, 15) is 10.1 Å². The number of anilines is 3. The molecular formula is C13H12N6O2. The predicted molar refractivity (Wildman–Crippen MR) is 77.3 cm³/mol. The molecule has 0 saturated heterocycles. The predicted octanol–water partition coefficient (Wildman–Crippen LogP) is 2.43. The molecule has 2 aromatic rings. The third kappa shape index (κ3) is 3.42. The Morgan fingerprint density at radius 1 is 1.48 bits per heavy atom. The van der Waals surface area contributed by atoms with Gasteiger partial charge in [-0.2, -0.15) is 10.2 Å². The quantitative estimate of drug-likeness (QED) is 0.639. The summed E-state index contributed by atoms with van der Waals surface area (Å²) in [4.78, 5) is 18.4. The summed E-state index contributed by atoms with van der Waals surface area (Å²) in [7, 11) is 0. The van der Waals surface area contributed by atoms with Crippen molar-refractivity contribution in [1.29, 1.82) is 5.26 Å². The van der Waals surface area contributed by atoms with Crippen LogP contribution in [0, 0.1) is 21.4 Å². The third-order valence-electron chi connectivity index (χ3n) is 2.56. The molecule has 0 fully saturated rings. The highest BCUT2D eigenvalue weighted by molar-refractivity contribution is 5.66. The van der Waals surface area contributed by atoms with Crippen LogP contribution in [0.3, 0.4) is 0 Å². The van der Waals surface area contributed by atoms with Crippen molar-refractivity contribution in [3.63, 3.8) is 0 Å². The van der Waals surface area contributed by atoms with Gasteiger partial charge in [0.2, 0.25) is 11.8 Å². The van der Waals surface area contributed by atoms with E-state index in [0.29, 0.717) is 23.7 Å². The van der Waals surface area contributed by atoms with E-state index < -0.39 is 4.92 Å². The highest BCUT2D eigenvalue weighted by Crippen LogP contribution is 2.26. The van der Waals surface area contributed by atoms with Gasteiger partial charge in [0, 0.05) is 12.2 Å². The van der Waals surface area contributed by atoms with Gasteiger partial charge in [-0.05, 0) is 25.1 Å². The zero-order chi connectivity index (χ0) is 15.2. The highest BCUT2D eigenvalue weighted by Gasteiger charge is 2.17. The Morgan fingerprint density at radius 2 is 2.29 bits per heavy atom. The van der Waals surface area contributed by atoms with Crippen LogP contribution in [-0.4, -0.2) is 21.4 Å². The molecule has 106 valence electrons. The van der Waals surface area contributed by atoms with E-state index >= 15 is 0 Å². The average Bonchev–Trinajstić information content (AvgIpc) is 2.48. The zero-order valence-electron chi connectivity index (χ0n) is 11.2. The Morgan fingerprint density at radius 3 is 2.95 bits per heavy atom. The number of nitrogens with zero attached hydrogens (tertiary/aromatic N) is 4.